The fourth-order valence-corrected chi connectivity index (χ4v) is 2.88. The molecule has 3 aromatic rings. The zero-order valence-electron chi connectivity index (χ0n) is 13.1. The van der Waals surface area contributed by atoms with Gasteiger partial charge in [-0.05, 0) is 43.7 Å². The van der Waals surface area contributed by atoms with Crippen molar-refractivity contribution in [2.24, 2.45) is 7.05 Å². The van der Waals surface area contributed by atoms with Crippen LogP contribution in [0.3, 0.4) is 0 Å². The lowest BCUT2D eigenvalue weighted by Gasteiger charge is -2.08. The summed E-state index contributed by atoms with van der Waals surface area (Å²) in [5.41, 5.74) is 3.26. The number of halogens is 2. The van der Waals surface area contributed by atoms with Crippen molar-refractivity contribution < 1.29 is 9.18 Å². The number of carbonyl (C=O) groups excluding carboxylic acids is 1. The molecule has 23 heavy (non-hydrogen) atoms. The minimum absolute atomic E-state index is 0.268. The van der Waals surface area contributed by atoms with Gasteiger partial charge >= 0.3 is 0 Å². The molecule has 0 saturated carbocycles. The Morgan fingerprint density at radius 1 is 1.22 bits per heavy atom. The third kappa shape index (κ3) is 2.82. The SMILES string of the molecule is Cc1ccc2c(c1)c(C(=O)Nc1cc(F)c(C)cc1Cl)cn2C. The lowest BCUT2D eigenvalue weighted by molar-refractivity contribution is 0.102. The van der Waals surface area contributed by atoms with Gasteiger partial charge in [-0.15, -0.1) is 0 Å². The maximum Gasteiger partial charge on any atom is 0.257 e. The Morgan fingerprint density at radius 2 is 1.96 bits per heavy atom. The van der Waals surface area contributed by atoms with Crippen LogP contribution in [0.15, 0.2) is 36.5 Å². The average Bonchev–Trinajstić information content (AvgIpc) is 2.81. The Morgan fingerprint density at radius 3 is 2.70 bits per heavy atom. The van der Waals surface area contributed by atoms with Crippen molar-refractivity contribution in [3.63, 3.8) is 0 Å². The Bertz CT molecular complexity index is 930. The van der Waals surface area contributed by atoms with Crippen molar-refractivity contribution in [2.45, 2.75) is 13.8 Å². The number of rotatable bonds is 2. The number of hydrogen-bond donors (Lipinski definition) is 1. The first kappa shape index (κ1) is 15.6. The van der Waals surface area contributed by atoms with Crippen molar-refractivity contribution in [3.05, 3.63) is 64.1 Å². The second-order valence-corrected chi connectivity index (χ2v) is 6.12. The molecule has 1 heterocycles. The largest absolute Gasteiger partial charge is 0.350 e. The van der Waals surface area contributed by atoms with E-state index in [4.69, 9.17) is 11.6 Å². The molecule has 0 aliphatic carbocycles. The minimum atomic E-state index is -0.404. The van der Waals surface area contributed by atoms with E-state index in [1.807, 2.05) is 36.7 Å². The van der Waals surface area contributed by atoms with Crippen molar-refractivity contribution in [2.75, 3.05) is 5.32 Å². The molecule has 0 aliphatic heterocycles. The molecule has 0 saturated heterocycles. The van der Waals surface area contributed by atoms with E-state index in [0.29, 0.717) is 16.1 Å². The summed E-state index contributed by atoms with van der Waals surface area (Å²) < 4.78 is 15.6. The fraction of sp³-hybridized carbons (Fsp3) is 0.167. The van der Waals surface area contributed by atoms with Gasteiger partial charge in [-0.2, -0.15) is 0 Å². The molecule has 0 spiro atoms. The van der Waals surface area contributed by atoms with E-state index in [1.165, 1.54) is 12.1 Å². The fourth-order valence-electron chi connectivity index (χ4n) is 2.62. The number of aromatic nitrogens is 1. The van der Waals surface area contributed by atoms with Crippen LogP contribution in [-0.2, 0) is 7.05 Å². The number of benzene rings is 2. The monoisotopic (exact) mass is 330 g/mol. The van der Waals surface area contributed by atoms with Gasteiger partial charge in [0.2, 0.25) is 0 Å². The molecule has 0 aliphatic rings. The summed E-state index contributed by atoms with van der Waals surface area (Å²) in [6, 6.07) is 8.67. The standard InChI is InChI=1S/C18H16ClFN2O/c1-10-4-5-17-12(6-10)13(9-22(17)3)18(23)21-16-8-15(20)11(2)7-14(16)19/h4-9H,1-3H3,(H,21,23). The number of hydrogen-bond acceptors (Lipinski definition) is 1. The van der Waals surface area contributed by atoms with Crippen LogP contribution < -0.4 is 5.32 Å². The van der Waals surface area contributed by atoms with Crippen LogP contribution in [0.1, 0.15) is 21.5 Å². The van der Waals surface area contributed by atoms with Crippen molar-refractivity contribution >= 4 is 34.1 Å². The van der Waals surface area contributed by atoms with Gasteiger partial charge in [0.25, 0.3) is 5.91 Å². The van der Waals surface area contributed by atoms with Crippen LogP contribution in [-0.4, -0.2) is 10.5 Å². The molecule has 0 fully saturated rings. The highest BCUT2D eigenvalue weighted by Crippen LogP contribution is 2.27. The molecular weight excluding hydrogens is 315 g/mol. The van der Waals surface area contributed by atoms with Gasteiger partial charge in [0, 0.05) is 24.1 Å². The molecule has 1 aromatic heterocycles. The van der Waals surface area contributed by atoms with Crippen LogP contribution in [0.4, 0.5) is 10.1 Å². The van der Waals surface area contributed by atoms with Crippen LogP contribution >= 0.6 is 11.6 Å². The van der Waals surface area contributed by atoms with E-state index in [-0.39, 0.29) is 11.6 Å². The van der Waals surface area contributed by atoms with Gasteiger partial charge in [0.15, 0.2) is 0 Å². The molecule has 1 amide bonds. The average molecular weight is 331 g/mol. The van der Waals surface area contributed by atoms with Gasteiger partial charge < -0.3 is 9.88 Å². The molecule has 118 valence electrons. The molecule has 1 N–H and O–H groups in total. The number of aryl methyl sites for hydroxylation is 3. The second-order valence-electron chi connectivity index (χ2n) is 5.71. The lowest BCUT2D eigenvalue weighted by atomic mass is 10.1. The predicted molar refractivity (Wildman–Crippen MR) is 91.8 cm³/mol. The number of fused-ring (bicyclic) bond motifs is 1. The van der Waals surface area contributed by atoms with E-state index in [1.54, 1.807) is 13.1 Å². The normalized spacial score (nSPS) is 11.0. The summed E-state index contributed by atoms with van der Waals surface area (Å²) in [5.74, 6) is -0.718. The van der Waals surface area contributed by atoms with Gasteiger partial charge in [-0.3, -0.25) is 4.79 Å². The van der Waals surface area contributed by atoms with Gasteiger partial charge in [0.05, 0.1) is 16.3 Å². The number of anilines is 1. The summed E-state index contributed by atoms with van der Waals surface area (Å²) in [6.45, 7) is 3.60. The van der Waals surface area contributed by atoms with Crippen LogP contribution in [0, 0.1) is 19.7 Å². The van der Waals surface area contributed by atoms with E-state index in [0.717, 1.165) is 16.5 Å². The van der Waals surface area contributed by atoms with Crippen molar-refractivity contribution in [1.29, 1.82) is 0 Å². The molecule has 3 rings (SSSR count). The van der Waals surface area contributed by atoms with Crippen LogP contribution in [0.2, 0.25) is 5.02 Å². The van der Waals surface area contributed by atoms with Crippen LogP contribution in [0.25, 0.3) is 10.9 Å². The van der Waals surface area contributed by atoms with Gasteiger partial charge in [0.1, 0.15) is 5.82 Å². The predicted octanol–water partition coefficient (Wildman–Crippen LogP) is 4.84. The molecular formula is C18H16ClFN2O. The molecule has 0 radical (unpaired) electrons. The molecule has 2 aromatic carbocycles. The molecule has 0 bridgehead atoms. The molecule has 5 heteroatoms. The highest BCUT2D eigenvalue weighted by atomic mass is 35.5. The maximum atomic E-state index is 13.7. The Labute approximate surface area is 138 Å². The second kappa shape index (κ2) is 5.70. The number of nitrogens with zero attached hydrogens (tertiary/aromatic N) is 1. The third-order valence-corrected chi connectivity index (χ3v) is 4.20. The van der Waals surface area contributed by atoms with Crippen LogP contribution in [0.5, 0.6) is 0 Å². The van der Waals surface area contributed by atoms with E-state index in [2.05, 4.69) is 5.32 Å². The number of amides is 1. The summed E-state index contributed by atoms with van der Waals surface area (Å²) in [5, 5.41) is 3.86. The van der Waals surface area contributed by atoms with Crippen molar-refractivity contribution in [3.8, 4) is 0 Å². The summed E-state index contributed by atoms with van der Waals surface area (Å²) in [4.78, 5) is 12.6. The summed E-state index contributed by atoms with van der Waals surface area (Å²) in [7, 11) is 1.88. The highest BCUT2D eigenvalue weighted by molar-refractivity contribution is 6.34. The van der Waals surface area contributed by atoms with E-state index in [9.17, 15) is 9.18 Å². The highest BCUT2D eigenvalue weighted by Gasteiger charge is 2.16. The Balaban J connectivity index is 2.02. The third-order valence-electron chi connectivity index (χ3n) is 3.89. The topological polar surface area (TPSA) is 34.0 Å². The minimum Gasteiger partial charge on any atom is -0.350 e. The van der Waals surface area contributed by atoms with E-state index < -0.39 is 5.82 Å². The van der Waals surface area contributed by atoms with Gasteiger partial charge in [-0.25, -0.2) is 4.39 Å². The zero-order valence-corrected chi connectivity index (χ0v) is 13.8. The first-order chi connectivity index (χ1) is 10.9. The smallest absolute Gasteiger partial charge is 0.257 e. The quantitative estimate of drug-likeness (QED) is 0.716. The van der Waals surface area contributed by atoms with E-state index >= 15 is 0 Å². The first-order valence-corrected chi connectivity index (χ1v) is 7.57. The van der Waals surface area contributed by atoms with Crippen molar-refractivity contribution in [1.82, 2.24) is 4.57 Å². The number of nitrogens with one attached hydrogen (secondary N) is 1. The Hall–Kier alpha value is -2.33. The maximum absolute atomic E-state index is 13.7. The molecule has 3 nitrogen and oxygen atoms in total. The first-order valence-electron chi connectivity index (χ1n) is 7.19. The van der Waals surface area contributed by atoms with Gasteiger partial charge in [-0.1, -0.05) is 23.2 Å². The summed E-state index contributed by atoms with van der Waals surface area (Å²) in [6.07, 6.45) is 1.76. The molecule has 0 atom stereocenters. The Kier molecular flexibility index (Phi) is 3.86. The molecule has 0 unspecified atom stereocenters. The summed E-state index contributed by atoms with van der Waals surface area (Å²) >= 11 is 6.10. The zero-order chi connectivity index (χ0) is 16.7. The number of carbonyl (C=O) groups is 1. The lowest BCUT2D eigenvalue weighted by Crippen LogP contribution is -2.12.